The molecule has 0 saturated heterocycles. The molecule has 0 radical (unpaired) electrons. The Hall–Kier alpha value is -2.08. The Morgan fingerprint density at radius 3 is 2.48 bits per heavy atom. The topological polar surface area (TPSA) is 78.9 Å². The van der Waals surface area contributed by atoms with Crippen LogP contribution >= 0.6 is 0 Å². The lowest BCUT2D eigenvalue weighted by atomic mass is 10.1. The van der Waals surface area contributed by atoms with Gasteiger partial charge >= 0.3 is 0 Å². The Morgan fingerprint density at radius 1 is 1.30 bits per heavy atom. The zero-order valence-electron chi connectivity index (χ0n) is 14.0. The lowest BCUT2D eigenvalue weighted by molar-refractivity contribution is -0.140. The lowest BCUT2D eigenvalue weighted by Gasteiger charge is -2.28. The monoisotopic (exact) mass is 322 g/mol. The first kappa shape index (κ1) is 19.0. The van der Waals surface area contributed by atoms with Crippen LogP contribution in [0.15, 0.2) is 24.3 Å². The van der Waals surface area contributed by atoms with Crippen LogP contribution in [0.1, 0.15) is 32.3 Å². The fourth-order valence-electron chi connectivity index (χ4n) is 2.15. The molecule has 6 nitrogen and oxygen atoms in total. The van der Waals surface area contributed by atoms with Crippen molar-refractivity contribution in [2.45, 2.75) is 39.3 Å². The van der Waals surface area contributed by atoms with Crippen molar-refractivity contribution in [1.82, 2.24) is 10.2 Å². The van der Waals surface area contributed by atoms with E-state index in [-0.39, 0.29) is 18.4 Å². The van der Waals surface area contributed by atoms with Gasteiger partial charge in [0.15, 0.2) is 0 Å². The summed E-state index contributed by atoms with van der Waals surface area (Å²) in [6.07, 6.45) is 0.836. The third-order valence-corrected chi connectivity index (χ3v) is 3.62. The van der Waals surface area contributed by atoms with Crippen LogP contribution in [0.3, 0.4) is 0 Å². The maximum Gasteiger partial charge on any atom is 0.242 e. The van der Waals surface area contributed by atoms with E-state index in [0.717, 1.165) is 11.3 Å². The molecule has 0 aliphatic rings. The van der Waals surface area contributed by atoms with E-state index >= 15 is 0 Å². The second-order valence-corrected chi connectivity index (χ2v) is 5.27. The number of aliphatic hydroxyl groups is 1. The summed E-state index contributed by atoms with van der Waals surface area (Å²) < 4.78 is 5.12. The fourth-order valence-corrected chi connectivity index (χ4v) is 2.15. The van der Waals surface area contributed by atoms with Crippen LogP contribution < -0.4 is 10.1 Å². The van der Waals surface area contributed by atoms with Crippen molar-refractivity contribution in [3.05, 3.63) is 29.8 Å². The Morgan fingerprint density at radius 2 is 1.96 bits per heavy atom. The number of hydrogen-bond acceptors (Lipinski definition) is 4. The molecule has 0 spiro atoms. The highest BCUT2D eigenvalue weighted by Gasteiger charge is 2.24. The molecule has 2 N–H and O–H groups in total. The summed E-state index contributed by atoms with van der Waals surface area (Å²) in [7, 11) is 1.60. The van der Waals surface area contributed by atoms with Crippen molar-refractivity contribution in [1.29, 1.82) is 0 Å². The van der Waals surface area contributed by atoms with E-state index < -0.39 is 6.04 Å². The number of methoxy groups -OCH3 is 1. The van der Waals surface area contributed by atoms with Crippen molar-refractivity contribution in [3.8, 4) is 5.75 Å². The first-order valence-electron chi connectivity index (χ1n) is 7.84. The normalized spacial score (nSPS) is 11.7. The summed E-state index contributed by atoms with van der Waals surface area (Å²) in [5.41, 5.74) is 0.933. The molecule has 23 heavy (non-hydrogen) atoms. The average Bonchev–Trinajstić information content (AvgIpc) is 2.59. The number of ether oxygens (including phenoxy) is 1. The maximum atomic E-state index is 12.2. The van der Waals surface area contributed by atoms with Crippen molar-refractivity contribution >= 4 is 11.8 Å². The fraction of sp³-hybridized carbons (Fsp3) is 0.529. The smallest absolute Gasteiger partial charge is 0.242 e. The third kappa shape index (κ3) is 5.90. The van der Waals surface area contributed by atoms with Gasteiger partial charge in [-0.1, -0.05) is 19.1 Å². The molecule has 2 amide bonds. The van der Waals surface area contributed by atoms with Crippen LogP contribution in [0.2, 0.25) is 0 Å². The molecule has 0 heterocycles. The molecule has 0 fully saturated rings. The molecule has 1 atom stereocenters. The number of carbonyl (C=O) groups is 2. The molecule has 0 aliphatic carbocycles. The zero-order chi connectivity index (χ0) is 17.2. The van der Waals surface area contributed by atoms with Gasteiger partial charge < -0.3 is 20.1 Å². The number of hydrogen-bond donors (Lipinski definition) is 2. The number of benzene rings is 1. The summed E-state index contributed by atoms with van der Waals surface area (Å²) in [5.74, 6) is 0.455. The highest BCUT2D eigenvalue weighted by atomic mass is 16.5. The molecular weight excluding hydrogens is 296 g/mol. The third-order valence-electron chi connectivity index (χ3n) is 3.62. The van der Waals surface area contributed by atoms with E-state index in [9.17, 15) is 9.59 Å². The molecule has 1 aromatic carbocycles. The highest BCUT2D eigenvalue weighted by molar-refractivity contribution is 5.87. The van der Waals surface area contributed by atoms with E-state index in [1.54, 1.807) is 25.9 Å². The van der Waals surface area contributed by atoms with Gasteiger partial charge in [-0.3, -0.25) is 9.59 Å². The minimum atomic E-state index is -0.566. The van der Waals surface area contributed by atoms with Gasteiger partial charge in [0, 0.05) is 26.1 Å². The number of amides is 2. The highest BCUT2D eigenvalue weighted by Crippen LogP contribution is 2.15. The summed E-state index contributed by atoms with van der Waals surface area (Å²) in [6.45, 7) is 4.28. The minimum absolute atomic E-state index is 0.0259. The second kappa shape index (κ2) is 9.84. The van der Waals surface area contributed by atoms with Crippen LogP contribution in [-0.4, -0.2) is 48.1 Å². The molecule has 0 bridgehead atoms. The number of rotatable bonds is 9. The van der Waals surface area contributed by atoms with Crippen LogP contribution in [0.4, 0.5) is 0 Å². The van der Waals surface area contributed by atoms with Crippen molar-refractivity contribution in [3.63, 3.8) is 0 Å². The van der Waals surface area contributed by atoms with E-state index in [1.165, 1.54) is 0 Å². The number of nitrogens with one attached hydrogen (secondary N) is 1. The molecule has 0 unspecified atom stereocenters. The summed E-state index contributed by atoms with van der Waals surface area (Å²) in [4.78, 5) is 25.9. The Bertz CT molecular complexity index is 502. The minimum Gasteiger partial charge on any atom is -0.497 e. The van der Waals surface area contributed by atoms with Crippen LogP contribution in [0.5, 0.6) is 5.75 Å². The van der Waals surface area contributed by atoms with Gasteiger partial charge in [-0.25, -0.2) is 0 Å². The summed E-state index contributed by atoms with van der Waals surface area (Å²) >= 11 is 0. The van der Waals surface area contributed by atoms with Gasteiger partial charge in [0.2, 0.25) is 11.8 Å². The molecule has 128 valence electrons. The Labute approximate surface area is 137 Å². The molecule has 1 rings (SSSR count). The van der Waals surface area contributed by atoms with Crippen molar-refractivity contribution < 1.29 is 19.4 Å². The van der Waals surface area contributed by atoms with E-state index in [1.807, 2.05) is 24.3 Å². The quantitative estimate of drug-likeness (QED) is 0.672. The van der Waals surface area contributed by atoms with Gasteiger partial charge in [-0.05, 0) is 31.0 Å². The van der Waals surface area contributed by atoms with E-state index in [0.29, 0.717) is 25.9 Å². The SMILES string of the molecule is CCC(=O)N(Cc1ccc(OC)cc1)[C@@H](C)C(=O)NCCCO. The van der Waals surface area contributed by atoms with E-state index in [4.69, 9.17) is 9.84 Å². The predicted octanol–water partition coefficient (Wildman–Crippen LogP) is 1.32. The number of carbonyl (C=O) groups excluding carboxylic acids is 2. The number of aliphatic hydroxyl groups excluding tert-OH is 1. The average molecular weight is 322 g/mol. The van der Waals surface area contributed by atoms with Gasteiger partial charge in [0.25, 0.3) is 0 Å². The van der Waals surface area contributed by atoms with Crippen molar-refractivity contribution in [2.75, 3.05) is 20.3 Å². The number of nitrogens with zero attached hydrogens (tertiary/aromatic N) is 1. The molecule has 6 heteroatoms. The van der Waals surface area contributed by atoms with Gasteiger partial charge in [0.1, 0.15) is 11.8 Å². The molecule has 0 saturated carbocycles. The molecular formula is C17H26N2O4. The van der Waals surface area contributed by atoms with Crippen LogP contribution in [-0.2, 0) is 16.1 Å². The Kier molecular flexibility index (Phi) is 8.11. The summed E-state index contributed by atoms with van der Waals surface area (Å²) in [5, 5.41) is 11.5. The predicted molar refractivity (Wildman–Crippen MR) is 88.0 cm³/mol. The van der Waals surface area contributed by atoms with E-state index in [2.05, 4.69) is 5.32 Å². The second-order valence-electron chi connectivity index (χ2n) is 5.27. The molecule has 0 aliphatic heterocycles. The standard InChI is InChI=1S/C17H26N2O4/c1-4-16(21)19(13(2)17(22)18-10-5-11-20)12-14-6-8-15(23-3)9-7-14/h6-9,13,20H,4-5,10-12H2,1-3H3,(H,18,22)/t13-/m0/s1. The largest absolute Gasteiger partial charge is 0.497 e. The molecule has 0 aromatic heterocycles. The van der Waals surface area contributed by atoms with Gasteiger partial charge in [-0.15, -0.1) is 0 Å². The van der Waals surface area contributed by atoms with Crippen LogP contribution in [0.25, 0.3) is 0 Å². The first-order chi connectivity index (χ1) is 11.0. The zero-order valence-corrected chi connectivity index (χ0v) is 14.0. The maximum absolute atomic E-state index is 12.2. The van der Waals surface area contributed by atoms with Gasteiger partial charge in [0.05, 0.1) is 7.11 Å². The van der Waals surface area contributed by atoms with Crippen LogP contribution in [0, 0.1) is 0 Å². The van der Waals surface area contributed by atoms with Gasteiger partial charge in [-0.2, -0.15) is 0 Å². The summed E-state index contributed by atoms with van der Waals surface area (Å²) in [6, 6.07) is 6.85. The molecule has 1 aromatic rings. The Balaban J connectivity index is 2.78. The van der Waals surface area contributed by atoms with Crippen molar-refractivity contribution in [2.24, 2.45) is 0 Å². The first-order valence-corrected chi connectivity index (χ1v) is 7.84. The lowest BCUT2D eigenvalue weighted by Crippen LogP contribution is -2.47.